The number of carboxylic acids is 1. The number of aliphatic hydroxyl groups excluding tert-OH is 1. The highest BCUT2D eigenvalue weighted by Gasteiger charge is 2.13. The van der Waals surface area contributed by atoms with Crippen LogP contribution in [0.5, 0.6) is 11.5 Å². The number of carbonyl (C=O) groups excluding carboxylic acids is 1. The molecular weight excluding hydrogens is 382 g/mol. The standard InChI is InChI=1S/C17H12N2O4S.C2H7NO/c20-15(16(21)22)19-17-18-14(10-24-17)11-6-8-13(9-7-11)23-12-4-2-1-3-5-12;3-1-2-4/h1-10H,(H,21,22)(H,18,19,20);4H,1-3H2. The van der Waals surface area contributed by atoms with Gasteiger partial charge in [0.15, 0.2) is 5.13 Å². The molecule has 1 aromatic heterocycles. The SMILES string of the molecule is NCCO.O=C(O)C(=O)Nc1nc(-c2ccc(Oc3ccccc3)cc2)cs1. The molecule has 0 unspecified atom stereocenters. The van der Waals surface area contributed by atoms with E-state index in [-0.39, 0.29) is 11.7 Å². The molecule has 0 saturated carbocycles. The Bertz CT molecular complexity index is 895. The molecule has 5 N–H and O–H groups in total. The van der Waals surface area contributed by atoms with Crippen molar-refractivity contribution in [3.05, 3.63) is 60.0 Å². The van der Waals surface area contributed by atoms with E-state index in [1.165, 1.54) is 0 Å². The van der Waals surface area contributed by atoms with Gasteiger partial charge in [0.2, 0.25) is 0 Å². The number of aliphatic carboxylic acids is 1. The number of hydrogen-bond acceptors (Lipinski definition) is 7. The number of carbonyl (C=O) groups is 2. The molecule has 0 bridgehead atoms. The fourth-order valence-corrected chi connectivity index (χ4v) is 2.65. The van der Waals surface area contributed by atoms with Crippen molar-refractivity contribution < 1.29 is 24.5 Å². The molecule has 0 spiro atoms. The number of rotatable bonds is 5. The van der Waals surface area contributed by atoms with Crippen molar-refractivity contribution in [3.8, 4) is 22.8 Å². The average molecular weight is 401 g/mol. The zero-order valence-electron chi connectivity index (χ0n) is 14.7. The molecule has 0 radical (unpaired) electrons. The highest BCUT2D eigenvalue weighted by molar-refractivity contribution is 7.14. The minimum Gasteiger partial charge on any atom is -0.474 e. The molecule has 1 heterocycles. The summed E-state index contributed by atoms with van der Waals surface area (Å²) in [5, 5.41) is 20.5. The Labute approximate surface area is 165 Å². The molecule has 0 aliphatic rings. The van der Waals surface area contributed by atoms with Gasteiger partial charge in [0.25, 0.3) is 0 Å². The average Bonchev–Trinajstić information content (AvgIpc) is 3.18. The molecule has 8 nitrogen and oxygen atoms in total. The molecule has 0 saturated heterocycles. The van der Waals surface area contributed by atoms with Gasteiger partial charge in [-0.3, -0.25) is 10.1 Å². The predicted molar refractivity (Wildman–Crippen MR) is 106 cm³/mol. The van der Waals surface area contributed by atoms with Crippen molar-refractivity contribution >= 4 is 28.3 Å². The van der Waals surface area contributed by atoms with Gasteiger partial charge in [-0.2, -0.15) is 0 Å². The van der Waals surface area contributed by atoms with Crippen LogP contribution in [0.15, 0.2) is 60.0 Å². The van der Waals surface area contributed by atoms with Gasteiger partial charge in [-0.15, -0.1) is 11.3 Å². The summed E-state index contributed by atoms with van der Waals surface area (Å²) >= 11 is 1.16. The lowest BCUT2D eigenvalue weighted by atomic mass is 10.2. The summed E-state index contributed by atoms with van der Waals surface area (Å²) in [7, 11) is 0. The predicted octanol–water partition coefficient (Wildman–Crippen LogP) is 2.56. The fourth-order valence-electron chi connectivity index (χ4n) is 1.93. The smallest absolute Gasteiger partial charge is 0.394 e. The zero-order chi connectivity index (χ0) is 20.4. The van der Waals surface area contributed by atoms with Crippen LogP contribution in [-0.2, 0) is 9.59 Å². The van der Waals surface area contributed by atoms with Crippen molar-refractivity contribution in [2.45, 2.75) is 0 Å². The van der Waals surface area contributed by atoms with Crippen LogP contribution in [0.4, 0.5) is 5.13 Å². The Kier molecular flexibility index (Phi) is 8.10. The van der Waals surface area contributed by atoms with Crippen molar-refractivity contribution in [2.75, 3.05) is 18.5 Å². The monoisotopic (exact) mass is 401 g/mol. The lowest BCUT2D eigenvalue weighted by Crippen LogP contribution is -2.21. The number of benzene rings is 2. The van der Waals surface area contributed by atoms with E-state index in [9.17, 15) is 9.59 Å². The van der Waals surface area contributed by atoms with Gasteiger partial charge < -0.3 is 20.7 Å². The number of nitrogens with one attached hydrogen (secondary N) is 1. The second-order valence-electron chi connectivity index (χ2n) is 5.25. The van der Waals surface area contributed by atoms with Crippen LogP contribution >= 0.6 is 11.3 Å². The number of aliphatic hydroxyl groups is 1. The van der Waals surface area contributed by atoms with Crippen LogP contribution in [0.2, 0.25) is 0 Å². The summed E-state index contributed by atoms with van der Waals surface area (Å²) < 4.78 is 5.71. The number of carboxylic acid groups (broad SMARTS) is 1. The van der Waals surface area contributed by atoms with Gasteiger partial charge in [0.05, 0.1) is 12.3 Å². The Balaban J connectivity index is 0.000000640. The van der Waals surface area contributed by atoms with Crippen LogP contribution < -0.4 is 15.8 Å². The number of thiazole rings is 1. The van der Waals surface area contributed by atoms with Crippen molar-refractivity contribution in [1.82, 2.24) is 4.98 Å². The number of para-hydroxylation sites is 1. The third-order valence-corrected chi connectivity index (χ3v) is 3.93. The van der Waals surface area contributed by atoms with Gasteiger partial charge in [0, 0.05) is 17.5 Å². The molecule has 0 aliphatic heterocycles. The van der Waals surface area contributed by atoms with Gasteiger partial charge >= 0.3 is 11.9 Å². The van der Waals surface area contributed by atoms with Crippen LogP contribution in [0.25, 0.3) is 11.3 Å². The first kappa shape index (κ1) is 21.0. The molecule has 28 heavy (non-hydrogen) atoms. The maximum absolute atomic E-state index is 11.1. The van der Waals surface area contributed by atoms with E-state index >= 15 is 0 Å². The summed E-state index contributed by atoms with van der Waals surface area (Å²) in [5.41, 5.74) is 6.26. The first-order valence-corrected chi connectivity index (χ1v) is 9.05. The Morgan fingerprint density at radius 2 is 1.68 bits per heavy atom. The third-order valence-electron chi connectivity index (χ3n) is 3.18. The summed E-state index contributed by atoms with van der Waals surface area (Å²) in [6, 6.07) is 16.8. The van der Waals surface area contributed by atoms with Crippen LogP contribution in [0.1, 0.15) is 0 Å². The lowest BCUT2D eigenvalue weighted by molar-refractivity contribution is -0.147. The van der Waals surface area contributed by atoms with E-state index in [1.54, 1.807) is 5.38 Å². The normalized spacial score (nSPS) is 9.79. The Hall–Kier alpha value is -3.27. The number of hydrogen-bond donors (Lipinski definition) is 4. The molecule has 3 aromatic rings. The maximum atomic E-state index is 11.1. The van der Waals surface area contributed by atoms with E-state index in [1.807, 2.05) is 54.6 Å². The molecular formula is C19H19N3O5S. The number of nitrogens with two attached hydrogens (primary N) is 1. The molecule has 146 valence electrons. The Morgan fingerprint density at radius 1 is 1.07 bits per heavy atom. The number of nitrogens with zero attached hydrogens (tertiary/aromatic N) is 1. The fraction of sp³-hybridized carbons (Fsp3) is 0.105. The summed E-state index contributed by atoms with van der Waals surface area (Å²) in [5.74, 6) is -1.21. The van der Waals surface area contributed by atoms with E-state index in [4.69, 9.17) is 20.7 Å². The van der Waals surface area contributed by atoms with E-state index < -0.39 is 11.9 Å². The lowest BCUT2D eigenvalue weighted by Gasteiger charge is -2.05. The molecule has 1 amide bonds. The quantitative estimate of drug-likeness (QED) is 0.483. The van der Waals surface area contributed by atoms with Crippen molar-refractivity contribution in [2.24, 2.45) is 5.73 Å². The summed E-state index contributed by atoms with van der Waals surface area (Å²) in [6.45, 7) is 0.472. The second-order valence-corrected chi connectivity index (χ2v) is 6.11. The van der Waals surface area contributed by atoms with E-state index in [0.717, 1.165) is 22.6 Å². The van der Waals surface area contributed by atoms with Gasteiger partial charge in [-0.25, -0.2) is 9.78 Å². The number of amides is 1. The Morgan fingerprint density at radius 3 is 2.25 bits per heavy atom. The minimum atomic E-state index is -1.55. The second kappa shape index (κ2) is 10.8. The van der Waals surface area contributed by atoms with Gasteiger partial charge in [-0.1, -0.05) is 18.2 Å². The molecule has 3 rings (SSSR count). The molecule has 0 fully saturated rings. The van der Waals surface area contributed by atoms with Crippen molar-refractivity contribution in [3.63, 3.8) is 0 Å². The van der Waals surface area contributed by atoms with Crippen LogP contribution in [0, 0.1) is 0 Å². The summed E-state index contributed by atoms with van der Waals surface area (Å²) in [6.07, 6.45) is 0. The largest absolute Gasteiger partial charge is 0.474 e. The summed E-state index contributed by atoms with van der Waals surface area (Å²) in [4.78, 5) is 25.8. The number of ether oxygens (including phenoxy) is 1. The van der Waals surface area contributed by atoms with Gasteiger partial charge in [-0.05, 0) is 36.4 Å². The van der Waals surface area contributed by atoms with E-state index in [0.29, 0.717) is 18.0 Å². The number of aromatic nitrogens is 1. The molecule has 0 atom stereocenters. The third kappa shape index (κ3) is 6.47. The van der Waals surface area contributed by atoms with Crippen molar-refractivity contribution in [1.29, 1.82) is 0 Å². The topological polar surface area (TPSA) is 135 Å². The first-order chi connectivity index (χ1) is 13.5. The van der Waals surface area contributed by atoms with Gasteiger partial charge in [0.1, 0.15) is 11.5 Å². The maximum Gasteiger partial charge on any atom is 0.394 e. The van der Waals surface area contributed by atoms with E-state index in [2.05, 4.69) is 10.3 Å². The number of anilines is 1. The zero-order valence-corrected chi connectivity index (χ0v) is 15.6. The highest BCUT2D eigenvalue weighted by atomic mass is 32.1. The molecule has 9 heteroatoms. The van der Waals surface area contributed by atoms with Crippen LogP contribution in [0.3, 0.4) is 0 Å². The van der Waals surface area contributed by atoms with Crippen LogP contribution in [-0.4, -0.2) is 40.2 Å². The first-order valence-electron chi connectivity index (χ1n) is 8.17. The molecule has 2 aromatic carbocycles. The molecule has 0 aliphatic carbocycles. The minimum absolute atomic E-state index is 0.0972. The highest BCUT2D eigenvalue weighted by Crippen LogP contribution is 2.28.